The van der Waals surface area contributed by atoms with Crippen molar-refractivity contribution in [3.05, 3.63) is 66.4 Å². The van der Waals surface area contributed by atoms with Crippen molar-refractivity contribution in [1.82, 2.24) is 14.6 Å². The first kappa shape index (κ1) is 16.3. The third-order valence-electron chi connectivity index (χ3n) is 3.72. The Balaban J connectivity index is 1.41. The second-order valence-electron chi connectivity index (χ2n) is 5.78. The Hall–Kier alpha value is -3.19. The molecule has 4 aromatic rings. The summed E-state index contributed by atoms with van der Waals surface area (Å²) >= 11 is 1.32. The molecular weight excluding hydrogens is 348 g/mol. The molecule has 0 saturated carbocycles. The molecule has 2 aromatic heterocycles. The molecule has 6 nitrogen and oxygen atoms in total. The summed E-state index contributed by atoms with van der Waals surface area (Å²) in [6, 6.07) is 17.5. The van der Waals surface area contributed by atoms with Crippen molar-refractivity contribution in [2.24, 2.45) is 0 Å². The average Bonchev–Trinajstić information content (AvgIpc) is 3.19. The Labute approximate surface area is 154 Å². The van der Waals surface area contributed by atoms with E-state index in [1.54, 1.807) is 4.52 Å². The van der Waals surface area contributed by atoms with E-state index in [9.17, 15) is 4.79 Å². The van der Waals surface area contributed by atoms with E-state index in [0.29, 0.717) is 10.9 Å². The van der Waals surface area contributed by atoms with Crippen molar-refractivity contribution in [3.8, 4) is 17.0 Å². The maximum Gasteiger partial charge on any atom is 0.264 e. The van der Waals surface area contributed by atoms with Crippen LogP contribution in [0.3, 0.4) is 0 Å². The number of carbonyl (C=O) groups excluding carboxylic acids is 1. The van der Waals surface area contributed by atoms with Crippen molar-refractivity contribution in [1.29, 1.82) is 0 Å². The van der Waals surface area contributed by atoms with Crippen LogP contribution in [-0.2, 0) is 4.79 Å². The molecule has 2 heterocycles. The van der Waals surface area contributed by atoms with Gasteiger partial charge in [0.15, 0.2) is 6.61 Å². The SMILES string of the molecule is Cc1cccc(OCC(=O)Nc2nn3cc(-c4ccccc4)nc3s2)c1. The quantitative estimate of drug-likeness (QED) is 0.585. The maximum atomic E-state index is 12.1. The van der Waals surface area contributed by atoms with Crippen molar-refractivity contribution >= 4 is 27.3 Å². The smallest absolute Gasteiger partial charge is 0.264 e. The maximum absolute atomic E-state index is 12.1. The Morgan fingerprint density at radius 3 is 2.81 bits per heavy atom. The van der Waals surface area contributed by atoms with E-state index in [0.717, 1.165) is 21.8 Å². The minimum atomic E-state index is -0.258. The number of hydrogen-bond acceptors (Lipinski definition) is 5. The minimum Gasteiger partial charge on any atom is -0.484 e. The number of nitrogens with zero attached hydrogens (tertiary/aromatic N) is 3. The second-order valence-corrected chi connectivity index (χ2v) is 6.74. The normalized spacial score (nSPS) is 10.8. The number of fused-ring (bicyclic) bond motifs is 1. The van der Waals surface area contributed by atoms with Crippen molar-refractivity contribution in [2.45, 2.75) is 6.92 Å². The van der Waals surface area contributed by atoms with E-state index in [1.165, 1.54) is 11.3 Å². The largest absolute Gasteiger partial charge is 0.484 e. The first-order valence-electron chi connectivity index (χ1n) is 8.08. The Morgan fingerprint density at radius 1 is 1.19 bits per heavy atom. The lowest BCUT2D eigenvalue weighted by Gasteiger charge is -2.06. The van der Waals surface area contributed by atoms with Crippen LogP contribution in [0, 0.1) is 6.92 Å². The molecule has 0 aliphatic carbocycles. The van der Waals surface area contributed by atoms with Crippen LogP contribution in [-0.4, -0.2) is 27.1 Å². The second kappa shape index (κ2) is 6.97. The lowest BCUT2D eigenvalue weighted by atomic mass is 10.2. The van der Waals surface area contributed by atoms with Crippen LogP contribution < -0.4 is 10.1 Å². The van der Waals surface area contributed by atoms with Crippen LogP contribution in [0.4, 0.5) is 5.13 Å². The molecule has 2 aromatic carbocycles. The van der Waals surface area contributed by atoms with Crippen LogP contribution in [0.25, 0.3) is 16.2 Å². The van der Waals surface area contributed by atoms with Gasteiger partial charge in [0.1, 0.15) is 5.75 Å². The fourth-order valence-electron chi connectivity index (χ4n) is 2.51. The van der Waals surface area contributed by atoms with Gasteiger partial charge in [-0.1, -0.05) is 53.8 Å². The number of amides is 1. The van der Waals surface area contributed by atoms with Gasteiger partial charge in [0.25, 0.3) is 5.91 Å². The first-order chi connectivity index (χ1) is 12.7. The molecule has 0 atom stereocenters. The molecular formula is C19H16N4O2S. The van der Waals surface area contributed by atoms with Crippen LogP contribution in [0.2, 0.25) is 0 Å². The molecule has 0 aliphatic heterocycles. The molecule has 0 saturated heterocycles. The molecule has 130 valence electrons. The summed E-state index contributed by atoms with van der Waals surface area (Å²) in [5.41, 5.74) is 2.96. The zero-order valence-electron chi connectivity index (χ0n) is 14.0. The zero-order valence-corrected chi connectivity index (χ0v) is 14.9. The third-order valence-corrected chi connectivity index (χ3v) is 4.56. The monoisotopic (exact) mass is 364 g/mol. The van der Waals surface area contributed by atoms with Gasteiger partial charge in [-0.05, 0) is 24.6 Å². The van der Waals surface area contributed by atoms with Gasteiger partial charge in [-0.2, -0.15) is 0 Å². The van der Waals surface area contributed by atoms with Gasteiger partial charge in [0.05, 0.1) is 11.9 Å². The molecule has 0 bridgehead atoms. The van der Waals surface area contributed by atoms with Crippen molar-refractivity contribution < 1.29 is 9.53 Å². The molecule has 26 heavy (non-hydrogen) atoms. The van der Waals surface area contributed by atoms with Crippen LogP contribution in [0.15, 0.2) is 60.8 Å². The van der Waals surface area contributed by atoms with E-state index in [4.69, 9.17) is 4.74 Å². The first-order valence-corrected chi connectivity index (χ1v) is 8.90. The number of nitrogens with one attached hydrogen (secondary N) is 1. The van der Waals surface area contributed by atoms with Gasteiger partial charge >= 0.3 is 0 Å². The molecule has 0 fully saturated rings. The Kier molecular flexibility index (Phi) is 4.37. The highest BCUT2D eigenvalue weighted by atomic mass is 32.1. The molecule has 7 heteroatoms. The van der Waals surface area contributed by atoms with Gasteiger partial charge in [-0.25, -0.2) is 9.50 Å². The lowest BCUT2D eigenvalue weighted by Crippen LogP contribution is -2.20. The van der Waals surface area contributed by atoms with Gasteiger partial charge in [0.2, 0.25) is 10.1 Å². The Morgan fingerprint density at radius 2 is 2.04 bits per heavy atom. The third kappa shape index (κ3) is 3.57. The lowest BCUT2D eigenvalue weighted by molar-refractivity contribution is -0.118. The fraction of sp³-hybridized carbons (Fsp3) is 0.105. The number of aromatic nitrogens is 3. The number of anilines is 1. The number of aryl methyl sites for hydroxylation is 1. The number of imidazole rings is 1. The van der Waals surface area contributed by atoms with E-state index in [2.05, 4.69) is 15.4 Å². The summed E-state index contributed by atoms with van der Waals surface area (Å²) in [5.74, 6) is 0.411. The van der Waals surface area contributed by atoms with E-state index >= 15 is 0 Å². The molecule has 0 aliphatic rings. The van der Waals surface area contributed by atoms with E-state index in [1.807, 2.05) is 67.7 Å². The van der Waals surface area contributed by atoms with Crippen molar-refractivity contribution in [2.75, 3.05) is 11.9 Å². The molecule has 1 N–H and O–H groups in total. The standard InChI is InChI=1S/C19H16N4O2S/c1-13-6-5-9-15(10-13)25-12-17(24)21-18-22-23-11-16(20-19(23)26-18)14-7-3-2-4-8-14/h2-11H,12H2,1H3,(H,21,22,24). The molecule has 1 amide bonds. The predicted octanol–water partition coefficient (Wildman–Crippen LogP) is 3.78. The van der Waals surface area contributed by atoms with Gasteiger partial charge in [-0.3, -0.25) is 10.1 Å². The van der Waals surface area contributed by atoms with Crippen LogP contribution >= 0.6 is 11.3 Å². The summed E-state index contributed by atoms with van der Waals surface area (Å²) in [4.78, 5) is 17.3. The fourth-order valence-corrected chi connectivity index (χ4v) is 3.31. The van der Waals surface area contributed by atoms with Crippen LogP contribution in [0.1, 0.15) is 5.56 Å². The molecule has 4 rings (SSSR count). The zero-order chi connectivity index (χ0) is 17.9. The summed E-state index contributed by atoms with van der Waals surface area (Å²) in [5, 5.41) is 7.59. The number of ether oxygens (including phenoxy) is 1. The predicted molar refractivity (Wildman–Crippen MR) is 102 cm³/mol. The van der Waals surface area contributed by atoms with E-state index in [-0.39, 0.29) is 12.5 Å². The summed E-state index contributed by atoms with van der Waals surface area (Å²) in [7, 11) is 0. The number of hydrogen-bond donors (Lipinski definition) is 1. The number of rotatable bonds is 5. The topological polar surface area (TPSA) is 68.5 Å². The minimum absolute atomic E-state index is 0.0688. The number of benzene rings is 2. The van der Waals surface area contributed by atoms with Crippen molar-refractivity contribution in [3.63, 3.8) is 0 Å². The van der Waals surface area contributed by atoms with Crippen LogP contribution in [0.5, 0.6) is 5.75 Å². The Bertz CT molecular complexity index is 1020. The average molecular weight is 364 g/mol. The van der Waals surface area contributed by atoms with Gasteiger partial charge in [0, 0.05) is 5.56 Å². The highest BCUT2D eigenvalue weighted by Gasteiger charge is 2.12. The summed E-state index contributed by atoms with van der Waals surface area (Å²) in [6.45, 7) is 1.91. The van der Waals surface area contributed by atoms with Gasteiger partial charge in [-0.15, -0.1) is 5.10 Å². The molecule has 0 unspecified atom stereocenters. The number of carbonyl (C=O) groups is 1. The highest BCUT2D eigenvalue weighted by molar-refractivity contribution is 7.20. The summed E-state index contributed by atoms with van der Waals surface area (Å²) < 4.78 is 7.17. The van der Waals surface area contributed by atoms with Gasteiger partial charge < -0.3 is 4.74 Å². The highest BCUT2D eigenvalue weighted by Crippen LogP contribution is 2.24. The summed E-state index contributed by atoms with van der Waals surface area (Å²) in [6.07, 6.45) is 1.85. The molecule has 0 radical (unpaired) electrons. The molecule has 0 spiro atoms. The van der Waals surface area contributed by atoms with E-state index < -0.39 is 0 Å².